The van der Waals surface area contributed by atoms with Crippen LogP contribution in [0, 0.1) is 5.41 Å². The number of carbonyl (C=O) groups excluding carboxylic acids is 1. The van der Waals surface area contributed by atoms with Gasteiger partial charge in [0.15, 0.2) is 0 Å². The smallest absolute Gasteiger partial charge is 0.259 e. The Morgan fingerprint density at radius 3 is 3.10 bits per heavy atom. The highest BCUT2D eigenvalue weighted by molar-refractivity contribution is 6.00. The highest BCUT2D eigenvalue weighted by Crippen LogP contribution is 2.37. The minimum atomic E-state index is 0.120. The van der Waals surface area contributed by atoms with E-state index in [0.717, 1.165) is 38.2 Å². The lowest BCUT2D eigenvalue weighted by molar-refractivity contribution is 0.0765. The van der Waals surface area contributed by atoms with Crippen molar-refractivity contribution in [3.63, 3.8) is 0 Å². The van der Waals surface area contributed by atoms with E-state index in [-0.39, 0.29) is 5.91 Å². The molecule has 0 bridgehead atoms. The number of fused-ring (bicyclic) bond motifs is 1. The Morgan fingerprint density at radius 1 is 1.38 bits per heavy atom. The Kier molecular flexibility index (Phi) is 2.82. The highest BCUT2D eigenvalue weighted by Gasteiger charge is 2.41. The van der Waals surface area contributed by atoms with Crippen molar-refractivity contribution in [1.82, 2.24) is 24.4 Å². The molecule has 4 heterocycles. The van der Waals surface area contributed by atoms with Gasteiger partial charge in [0.1, 0.15) is 11.2 Å². The van der Waals surface area contributed by atoms with Gasteiger partial charge in [-0.1, -0.05) is 0 Å². The van der Waals surface area contributed by atoms with E-state index in [1.54, 1.807) is 10.7 Å². The van der Waals surface area contributed by atoms with Crippen LogP contribution in [-0.2, 0) is 7.05 Å². The Labute approximate surface area is 123 Å². The molecular weight excluding hydrogens is 266 g/mol. The normalized spacial score (nSPS) is 26.0. The van der Waals surface area contributed by atoms with Gasteiger partial charge in [-0.25, -0.2) is 4.52 Å². The van der Waals surface area contributed by atoms with Gasteiger partial charge in [-0.15, -0.1) is 0 Å². The molecule has 0 aromatic carbocycles. The molecule has 2 aromatic rings. The number of imidazole rings is 1. The van der Waals surface area contributed by atoms with E-state index in [0.29, 0.717) is 11.0 Å². The third kappa shape index (κ3) is 1.97. The molecule has 1 atom stereocenters. The average molecular weight is 287 g/mol. The van der Waals surface area contributed by atoms with Gasteiger partial charge in [-0.2, -0.15) is 5.10 Å². The first kappa shape index (κ1) is 12.9. The number of nitrogens with zero attached hydrogens (tertiary/aromatic N) is 4. The van der Waals surface area contributed by atoms with E-state index in [1.807, 2.05) is 28.9 Å². The summed E-state index contributed by atoms with van der Waals surface area (Å²) in [5.74, 6) is 0.120. The van der Waals surface area contributed by atoms with Crippen molar-refractivity contribution in [2.24, 2.45) is 12.5 Å². The van der Waals surface area contributed by atoms with Crippen molar-refractivity contribution < 1.29 is 4.79 Å². The lowest BCUT2D eigenvalue weighted by Crippen LogP contribution is -2.42. The van der Waals surface area contributed by atoms with E-state index in [1.165, 1.54) is 12.8 Å². The number of aromatic nitrogens is 3. The molecule has 2 aliphatic heterocycles. The quantitative estimate of drug-likeness (QED) is 0.847. The van der Waals surface area contributed by atoms with Crippen molar-refractivity contribution >= 4 is 11.6 Å². The summed E-state index contributed by atoms with van der Waals surface area (Å²) in [5.41, 5.74) is 1.89. The van der Waals surface area contributed by atoms with Crippen molar-refractivity contribution in [3.8, 4) is 0 Å². The molecule has 4 rings (SSSR count). The van der Waals surface area contributed by atoms with Gasteiger partial charge in [-0.05, 0) is 25.8 Å². The van der Waals surface area contributed by atoms with E-state index in [9.17, 15) is 4.79 Å². The molecule has 6 nitrogen and oxygen atoms in total. The summed E-state index contributed by atoms with van der Waals surface area (Å²) >= 11 is 0. The molecule has 2 aliphatic rings. The third-order valence-corrected chi connectivity index (χ3v) is 5.05. The lowest BCUT2D eigenvalue weighted by atomic mass is 9.80. The zero-order chi connectivity index (χ0) is 14.4. The molecule has 0 saturated carbocycles. The highest BCUT2D eigenvalue weighted by atomic mass is 16.2. The maximum atomic E-state index is 12.8. The molecule has 1 unspecified atom stereocenters. The van der Waals surface area contributed by atoms with Crippen molar-refractivity contribution in [2.75, 3.05) is 26.2 Å². The first-order chi connectivity index (χ1) is 10.2. The lowest BCUT2D eigenvalue weighted by Gasteiger charge is -2.33. The monoisotopic (exact) mass is 287 g/mol. The molecule has 0 aliphatic carbocycles. The van der Waals surface area contributed by atoms with Crippen LogP contribution in [0.1, 0.15) is 29.6 Å². The minimum absolute atomic E-state index is 0.120. The second-order valence-electron chi connectivity index (χ2n) is 6.49. The zero-order valence-electron chi connectivity index (χ0n) is 12.4. The van der Waals surface area contributed by atoms with Gasteiger partial charge in [0.2, 0.25) is 0 Å². The van der Waals surface area contributed by atoms with E-state index >= 15 is 0 Å². The van der Waals surface area contributed by atoms with Gasteiger partial charge in [0, 0.05) is 44.5 Å². The SMILES string of the molecule is Cn1ccn2ncc(C(=O)N3CCC4(CCCNC4)C3)c12. The Balaban J connectivity index is 1.59. The molecule has 1 spiro atoms. The predicted octanol–water partition coefficient (Wildman–Crippen LogP) is 0.889. The summed E-state index contributed by atoms with van der Waals surface area (Å²) in [5, 5.41) is 7.76. The number of amides is 1. The summed E-state index contributed by atoms with van der Waals surface area (Å²) in [4.78, 5) is 14.8. The number of aryl methyl sites for hydroxylation is 1. The van der Waals surface area contributed by atoms with Gasteiger partial charge in [0.05, 0.1) is 6.20 Å². The molecule has 2 fully saturated rings. The summed E-state index contributed by atoms with van der Waals surface area (Å²) < 4.78 is 3.72. The number of hydrogen-bond acceptors (Lipinski definition) is 3. The van der Waals surface area contributed by atoms with Crippen molar-refractivity contribution in [3.05, 3.63) is 24.2 Å². The summed E-state index contributed by atoms with van der Waals surface area (Å²) in [6.45, 7) is 3.90. The number of hydrogen-bond donors (Lipinski definition) is 1. The zero-order valence-corrected chi connectivity index (χ0v) is 12.4. The van der Waals surface area contributed by atoms with Gasteiger partial charge >= 0.3 is 0 Å². The van der Waals surface area contributed by atoms with E-state index in [2.05, 4.69) is 10.4 Å². The third-order valence-electron chi connectivity index (χ3n) is 5.05. The number of nitrogens with one attached hydrogen (secondary N) is 1. The second-order valence-corrected chi connectivity index (χ2v) is 6.49. The van der Waals surface area contributed by atoms with Crippen LogP contribution in [0.15, 0.2) is 18.6 Å². The molecule has 0 radical (unpaired) electrons. The molecular formula is C15H21N5O. The standard InChI is InChI=1S/C15H21N5O/c1-18-7-8-20-13(18)12(9-17-20)14(21)19-6-4-15(11-19)3-2-5-16-10-15/h7-9,16H,2-6,10-11H2,1H3. The first-order valence-electron chi connectivity index (χ1n) is 7.67. The molecule has 1 amide bonds. The topological polar surface area (TPSA) is 54.6 Å². The van der Waals surface area contributed by atoms with Crippen LogP contribution in [0.3, 0.4) is 0 Å². The number of piperidine rings is 1. The van der Waals surface area contributed by atoms with Crippen LogP contribution in [0.25, 0.3) is 5.65 Å². The predicted molar refractivity (Wildman–Crippen MR) is 79.2 cm³/mol. The number of likely N-dealkylation sites (tertiary alicyclic amines) is 1. The molecule has 1 N–H and O–H groups in total. The molecule has 21 heavy (non-hydrogen) atoms. The maximum Gasteiger partial charge on any atom is 0.259 e. The maximum absolute atomic E-state index is 12.8. The molecule has 112 valence electrons. The van der Waals surface area contributed by atoms with Crippen LogP contribution >= 0.6 is 0 Å². The van der Waals surface area contributed by atoms with E-state index in [4.69, 9.17) is 0 Å². The van der Waals surface area contributed by atoms with Crippen LogP contribution in [-0.4, -0.2) is 51.2 Å². The minimum Gasteiger partial charge on any atom is -0.338 e. The molecule has 2 saturated heterocycles. The number of rotatable bonds is 1. The van der Waals surface area contributed by atoms with Gasteiger partial charge < -0.3 is 14.8 Å². The van der Waals surface area contributed by atoms with Crippen LogP contribution in [0.5, 0.6) is 0 Å². The van der Waals surface area contributed by atoms with Gasteiger partial charge in [-0.3, -0.25) is 4.79 Å². The van der Waals surface area contributed by atoms with Gasteiger partial charge in [0.25, 0.3) is 5.91 Å². The van der Waals surface area contributed by atoms with Crippen LogP contribution in [0.2, 0.25) is 0 Å². The summed E-state index contributed by atoms with van der Waals surface area (Å²) in [6.07, 6.45) is 9.07. The summed E-state index contributed by atoms with van der Waals surface area (Å²) in [7, 11) is 1.95. The number of carbonyl (C=O) groups is 1. The fraction of sp³-hybridized carbons (Fsp3) is 0.600. The fourth-order valence-electron chi connectivity index (χ4n) is 3.86. The van der Waals surface area contributed by atoms with Crippen molar-refractivity contribution in [1.29, 1.82) is 0 Å². The van der Waals surface area contributed by atoms with E-state index < -0.39 is 0 Å². The van der Waals surface area contributed by atoms with Crippen LogP contribution < -0.4 is 5.32 Å². The summed E-state index contributed by atoms with van der Waals surface area (Å²) in [6, 6.07) is 0. The Hall–Kier alpha value is -1.82. The van der Waals surface area contributed by atoms with Crippen molar-refractivity contribution in [2.45, 2.75) is 19.3 Å². The fourth-order valence-corrected chi connectivity index (χ4v) is 3.86. The largest absolute Gasteiger partial charge is 0.338 e. The molecule has 2 aromatic heterocycles. The Bertz CT molecular complexity index is 679. The molecule has 6 heteroatoms. The Morgan fingerprint density at radius 2 is 2.29 bits per heavy atom. The second kappa shape index (κ2) is 4.59. The average Bonchev–Trinajstić information content (AvgIpc) is 3.17. The van der Waals surface area contributed by atoms with Crippen LogP contribution in [0.4, 0.5) is 0 Å². The first-order valence-corrected chi connectivity index (χ1v) is 7.67.